The highest BCUT2D eigenvalue weighted by Gasteiger charge is 2.18. The van der Waals surface area contributed by atoms with Gasteiger partial charge < -0.3 is 15.0 Å². The molecule has 0 aliphatic carbocycles. The number of carbonyl (C=O) groups is 3. The van der Waals surface area contributed by atoms with Gasteiger partial charge in [-0.1, -0.05) is 24.3 Å². The summed E-state index contributed by atoms with van der Waals surface area (Å²) in [6.45, 7) is 3.22. The molecule has 142 valence electrons. The van der Waals surface area contributed by atoms with Crippen molar-refractivity contribution in [3.05, 3.63) is 59.9 Å². The van der Waals surface area contributed by atoms with Crippen LogP contribution in [0.1, 0.15) is 30.6 Å². The number of hydrogen-bond donors (Lipinski definition) is 1. The van der Waals surface area contributed by atoms with Crippen molar-refractivity contribution >= 4 is 29.2 Å². The van der Waals surface area contributed by atoms with Gasteiger partial charge in [-0.2, -0.15) is 0 Å². The number of rotatable bonds is 7. The Morgan fingerprint density at radius 3 is 2.41 bits per heavy atom. The molecule has 0 unspecified atom stereocenters. The van der Waals surface area contributed by atoms with Crippen molar-refractivity contribution in [1.82, 2.24) is 0 Å². The lowest BCUT2D eigenvalue weighted by Gasteiger charge is -2.21. The highest BCUT2D eigenvalue weighted by atomic mass is 19.1. The molecule has 0 heterocycles. The third-order valence-corrected chi connectivity index (χ3v) is 3.78. The third-order valence-electron chi connectivity index (χ3n) is 3.78. The highest BCUT2D eigenvalue weighted by Crippen LogP contribution is 2.20. The number of ether oxygens (including phenoxy) is 1. The molecule has 2 aromatic rings. The summed E-state index contributed by atoms with van der Waals surface area (Å²) >= 11 is 0. The predicted octanol–water partition coefficient (Wildman–Crippen LogP) is 3.38. The molecule has 2 amide bonds. The van der Waals surface area contributed by atoms with E-state index >= 15 is 0 Å². The first-order chi connectivity index (χ1) is 12.9. The molecule has 1 N–H and O–H groups in total. The normalized spacial score (nSPS) is 10.2. The van der Waals surface area contributed by atoms with Crippen LogP contribution in [0, 0.1) is 5.82 Å². The fraction of sp³-hybridized carbons (Fsp3) is 0.250. The number of benzene rings is 2. The molecule has 0 saturated carbocycles. The number of halogens is 1. The molecule has 0 atom stereocenters. The summed E-state index contributed by atoms with van der Waals surface area (Å²) in [6, 6.07) is 12.3. The summed E-state index contributed by atoms with van der Waals surface area (Å²) in [5, 5.41) is 2.64. The van der Waals surface area contributed by atoms with Crippen LogP contribution in [0.4, 0.5) is 15.8 Å². The van der Waals surface area contributed by atoms with E-state index in [0.717, 1.165) is 0 Å². The van der Waals surface area contributed by atoms with E-state index in [4.69, 9.17) is 4.74 Å². The van der Waals surface area contributed by atoms with Gasteiger partial charge in [-0.3, -0.25) is 9.59 Å². The third kappa shape index (κ3) is 5.37. The van der Waals surface area contributed by atoms with Crippen LogP contribution in [0.5, 0.6) is 0 Å². The SMILES string of the molecule is CCOC(=O)c1ccccc1NC(=O)CCN(C(C)=O)c1ccccc1F. The van der Waals surface area contributed by atoms with E-state index < -0.39 is 17.7 Å². The van der Waals surface area contributed by atoms with Crippen LogP contribution in [0.2, 0.25) is 0 Å². The number of esters is 1. The lowest BCUT2D eigenvalue weighted by atomic mass is 10.1. The highest BCUT2D eigenvalue weighted by molar-refractivity contribution is 6.01. The fourth-order valence-electron chi connectivity index (χ4n) is 2.52. The van der Waals surface area contributed by atoms with E-state index in [1.54, 1.807) is 37.3 Å². The van der Waals surface area contributed by atoms with Crippen molar-refractivity contribution in [1.29, 1.82) is 0 Å². The molecular formula is C20H21FN2O4. The molecule has 2 rings (SSSR count). The summed E-state index contributed by atoms with van der Waals surface area (Å²) in [4.78, 5) is 37.3. The molecule has 0 aliphatic heterocycles. The molecule has 0 aliphatic rings. The average molecular weight is 372 g/mol. The zero-order chi connectivity index (χ0) is 19.8. The molecular weight excluding hydrogens is 351 g/mol. The molecule has 6 nitrogen and oxygen atoms in total. The van der Waals surface area contributed by atoms with Gasteiger partial charge in [0.15, 0.2) is 0 Å². The minimum absolute atomic E-state index is 0.00364. The van der Waals surface area contributed by atoms with Gasteiger partial charge in [-0.15, -0.1) is 0 Å². The summed E-state index contributed by atoms with van der Waals surface area (Å²) in [5.74, 6) is -1.86. The molecule has 0 bridgehead atoms. The minimum atomic E-state index is -0.541. The number of hydrogen-bond acceptors (Lipinski definition) is 4. The zero-order valence-electron chi connectivity index (χ0n) is 15.2. The second kappa shape index (κ2) is 9.47. The fourth-order valence-corrected chi connectivity index (χ4v) is 2.52. The lowest BCUT2D eigenvalue weighted by molar-refractivity contribution is -0.117. The Morgan fingerprint density at radius 2 is 1.74 bits per heavy atom. The molecule has 0 spiro atoms. The zero-order valence-corrected chi connectivity index (χ0v) is 15.2. The maximum atomic E-state index is 13.9. The van der Waals surface area contributed by atoms with Crippen LogP contribution in [-0.4, -0.2) is 30.9 Å². The topological polar surface area (TPSA) is 75.7 Å². The van der Waals surface area contributed by atoms with Gasteiger partial charge in [0.2, 0.25) is 11.8 Å². The molecule has 7 heteroatoms. The quantitative estimate of drug-likeness (QED) is 0.756. The van der Waals surface area contributed by atoms with Crippen molar-refractivity contribution in [3.8, 4) is 0 Å². The van der Waals surface area contributed by atoms with E-state index in [1.165, 1.54) is 30.0 Å². The first-order valence-electron chi connectivity index (χ1n) is 8.52. The number of anilines is 2. The summed E-state index contributed by atoms with van der Waals surface area (Å²) in [6.07, 6.45) is -0.0644. The second-order valence-corrected chi connectivity index (χ2v) is 5.69. The van der Waals surface area contributed by atoms with Gasteiger partial charge in [0.1, 0.15) is 5.82 Å². The molecule has 0 saturated heterocycles. The van der Waals surface area contributed by atoms with Gasteiger partial charge in [0.25, 0.3) is 0 Å². The van der Waals surface area contributed by atoms with Gasteiger partial charge in [-0.25, -0.2) is 9.18 Å². The van der Waals surface area contributed by atoms with Crippen molar-refractivity contribution < 1.29 is 23.5 Å². The van der Waals surface area contributed by atoms with Crippen molar-refractivity contribution in [2.45, 2.75) is 20.3 Å². The predicted molar refractivity (Wildman–Crippen MR) is 100 cm³/mol. The first kappa shape index (κ1) is 20.1. The van der Waals surface area contributed by atoms with Gasteiger partial charge in [-0.05, 0) is 31.2 Å². The largest absolute Gasteiger partial charge is 0.462 e. The van der Waals surface area contributed by atoms with Gasteiger partial charge >= 0.3 is 5.97 Å². The van der Waals surface area contributed by atoms with E-state index in [9.17, 15) is 18.8 Å². The number of para-hydroxylation sites is 2. The Bertz CT molecular complexity index is 838. The summed E-state index contributed by atoms with van der Waals surface area (Å²) in [5.41, 5.74) is 0.677. The Balaban J connectivity index is 2.07. The maximum Gasteiger partial charge on any atom is 0.340 e. The Morgan fingerprint density at radius 1 is 1.07 bits per heavy atom. The Kier molecular flexibility index (Phi) is 7.05. The lowest BCUT2D eigenvalue weighted by Crippen LogP contribution is -2.32. The van der Waals surface area contributed by atoms with Crippen LogP contribution >= 0.6 is 0 Å². The Hall–Kier alpha value is -3.22. The summed E-state index contributed by atoms with van der Waals surface area (Å²) in [7, 11) is 0. The number of nitrogens with one attached hydrogen (secondary N) is 1. The van der Waals surface area contributed by atoms with Gasteiger partial charge in [0.05, 0.1) is 23.5 Å². The standard InChI is InChI=1S/C20H21FN2O4/c1-3-27-20(26)15-8-4-6-10-17(15)22-19(25)12-13-23(14(2)24)18-11-7-5-9-16(18)21/h4-11H,3,12-13H2,1-2H3,(H,22,25). The number of carbonyl (C=O) groups excluding carboxylic acids is 3. The van der Waals surface area contributed by atoms with Crippen LogP contribution in [0.25, 0.3) is 0 Å². The minimum Gasteiger partial charge on any atom is -0.462 e. The van der Waals surface area contributed by atoms with E-state index in [-0.39, 0.29) is 36.7 Å². The smallest absolute Gasteiger partial charge is 0.340 e. The van der Waals surface area contributed by atoms with Crippen molar-refractivity contribution in [2.24, 2.45) is 0 Å². The molecule has 0 fully saturated rings. The monoisotopic (exact) mass is 372 g/mol. The van der Waals surface area contributed by atoms with Crippen LogP contribution < -0.4 is 10.2 Å². The molecule has 2 aromatic carbocycles. The van der Waals surface area contributed by atoms with E-state index in [1.807, 2.05) is 0 Å². The first-order valence-corrected chi connectivity index (χ1v) is 8.52. The molecule has 27 heavy (non-hydrogen) atoms. The van der Waals surface area contributed by atoms with Crippen LogP contribution in [-0.2, 0) is 14.3 Å². The van der Waals surface area contributed by atoms with Crippen LogP contribution in [0.15, 0.2) is 48.5 Å². The number of nitrogens with zero attached hydrogens (tertiary/aromatic N) is 1. The maximum absolute atomic E-state index is 13.9. The average Bonchev–Trinajstić information content (AvgIpc) is 2.63. The Labute approximate surface area is 156 Å². The van der Waals surface area contributed by atoms with Crippen molar-refractivity contribution in [2.75, 3.05) is 23.4 Å². The van der Waals surface area contributed by atoms with Crippen LogP contribution in [0.3, 0.4) is 0 Å². The molecule has 0 aromatic heterocycles. The second-order valence-electron chi connectivity index (χ2n) is 5.69. The summed E-state index contributed by atoms with van der Waals surface area (Å²) < 4.78 is 18.9. The van der Waals surface area contributed by atoms with Gasteiger partial charge in [0, 0.05) is 19.9 Å². The van der Waals surface area contributed by atoms with E-state index in [2.05, 4.69) is 5.32 Å². The number of amides is 2. The molecule has 0 radical (unpaired) electrons. The van der Waals surface area contributed by atoms with Crippen molar-refractivity contribution in [3.63, 3.8) is 0 Å². The van der Waals surface area contributed by atoms with E-state index in [0.29, 0.717) is 5.69 Å².